The minimum Gasteiger partial charge on any atom is -0.349 e. The second-order valence-corrected chi connectivity index (χ2v) is 6.33. The minimum atomic E-state index is 0.000888. The number of nitrogens with zero attached hydrogens (tertiary/aromatic N) is 2. The van der Waals surface area contributed by atoms with Crippen LogP contribution in [-0.2, 0) is 7.05 Å². The van der Waals surface area contributed by atoms with Crippen LogP contribution < -0.4 is 5.32 Å². The van der Waals surface area contributed by atoms with Crippen molar-refractivity contribution in [3.05, 3.63) is 53.7 Å². The normalized spacial score (nSPS) is 14.2. The molecule has 0 radical (unpaired) electrons. The lowest BCUT2D eigenvalue weighted by Gasteiger charge is -2.11. The van der Waals surface area contributed by atoms with E-state index in [1.165, 1.54) is 0 Å². The Hall–Kier alpha value is -2.62. The first-order chi connectivity index (χ1) is 11.1. The van der Waals surface area contributed by atoms with Crippen molar-refractivity contribution in [1.29, 1.82) is 0 Å². The zero-order chi connectivity index (χ0) is 16.0. The van der Waals surface area contributed by atoms with Crippen LogP contribution in [0.3, 0.4) is 0 Å². The van der Waals surface area contributed by atoms with Crippen molar-refractivity contribution in [3.63, 3.8) is 0 Å². The summed E-state index contributed by atoms with van der Waals surface area (Å²) in [6.45, 7) is 2.03. The highest BCUT2D eigenvalue weighted by Gasteiger charge is 2.25. The average Bonchev–Trinajstić information content (AvgIpc) is 3.24. The Kier molecular flexibility index (Phi) is 3.18. The van der Waals surface area contributed by atoms with Crippen LogP contribution in [-0.4, -0.2) is 21.5 Å². The number of pyridine rings is 1. The summed E-state index contributed by atoms with van der Waals surface area (Å²) in [5.74, 6) is 0.000888. The highest BCUT2D eigenvalue weighted by molar-refractivity contribution is 6.07. The fourth-order valence-corrected chi connectivity index (χ4v) is 2.88. The van der Waals surface area contributed by atoms with Crippen LogP contribution in [0.15, 0.2) is 42.6 Å². The maximum atomic E-state index is 12.7. The molecule has 1 fully saturated rings. The number of amides is 1. The maximum absolute atomic E-state index is 12.7. The van der Waals surface area contributed by atoms with Gasteiger partial charge in [-0.1, -0.05) is 11.6 Å². The molecule has 23 heavy (non-hydrogen) atoms. The van der Waals surface area contributed by atoms with Crippen LogP contribution in [0, 0.1) is 6.92 Å². The van der Waals surface area contributed by atoms with E-state index in [2.05, 4.69) is 5.32 Å². The lowest BCUT2D eigenvalue weighted by Crippen LogP contribution is -2.25. The molecule has 4 rings (SSSR count). The second kappa shape index (κ2) is 5.23. The maximum Gasteiger partial charge on any atom is 0.252 e. The van der Waals surface area contributed by atoms with E-state index in [1.807, 2.05) is 61.1 Å². The summed E-state index contributed by atoms with van der Waals surface area (Å²) < 4.78 is 2.02. The highest BCUT2D eigenvalue weighted by atomic mass is 16.1. The van der Waals surface area contributed by atoms with Gasteiger partial charge in [0.05, 0.1) is 22.5 Å². The summed E-state index contributed by atoms with van der Waals surface area (Å²) in [5.41, 5.74) is 4.53. The van der Waals surface area contributed by atoms with E-state index in [9.17, 15) is 4.79 Å². The van der Waals surface area contributed by atoms with Crippen LogP contribution in [0.1, 0.15) is 28.8 Å². The van der Waals surface area contributed by atoms with E-state index in [0.29, 0.717) is 11.6 Å². The highest BCUT2D eigenvalue weighted by Crippen LogP contribution is 2.27. The summed E-state index contributed by atoms with van der Waals surface area (Å²) >= 11 is 0. The van der Waals surface area contributed by atoms with E-state index in [-0.39, 0.29) is 5.91 Å². The summed E-state index contributed by atoms with van der Waals surface area (Å²) in [5, 5.41) is 4.01. The number of carbonyl (C=O) groups is 1. The van der Waals surface area contributed by atoms with Crippen molar-refractivity contribution in [2.24, 2.45) is 7.05 Å². The molecule has 2 heterocycles. The van der Waals surface area contributed by atoms with Crippen LogP contribution >= 0.6 is 0 Å². The number of aryl methyl sites for hydroxylation is 2. The number of fused-ring (bicyclic) bond motifs is 1. The quantitative estimate of drug-likeness (QED) is 0.805. The number of nitrogens with one attached hydrogen (secondary N) is 1. The van der Waals surface area contributed by atoms with Gasteiger partial charge in [-0.25, -0.2) is 4.98 Å². The predicted molar refractivity (Wildman–Crippen MR) is 91.4 cm³/mol. The Balaban J connectivity index is 1.91. The largest absolute Gasteiger partial charge is 0.349 e. The molecular weight excluding hydrogens is 286 g/mol. The molecule has 1 aromatic carbocycles. The standard InChI is InChI=1S/C19H19N3O/c1-12-5-8-16-14(10-12)15(19(23)20-13-6-7-13)11-17(21-16)18-4-3-9-22(18)2/h3-5,8-11,13H,6-7H2,1-2H3,(H,20,23). The molecule has 0 atom stereocenters. The molecule has 0 bridgehead atoms. The first-order valence-corrected chi connectivity index (χ1v) is 7.96. The van der Waals surface area contributed by atoms with Crippen molar-refractivity contribution in [2.45, 2.75) is 25.8 Å². The molecule has 116 valence electrons. The molecule has 1 aliphatic carbocycles. The molecule has 1 amide bonds. The number of benzene rings is 1. The SMILES string of the molecule is Cc1ccc2nc(-c3cccn3C)cc(C(=O)NC3CC3)c2c1. The number of hydrogen-bond acceptors (Lipinski definition) is 2. The van der Waals surface area contributed by atoms with Gasteiger partial charge in [-0.05, 0) is 50.1 Å². The molecule has 4 nitrogen and oxygen atoms in total. The zero-order valence-corrected chi connectivity index (χ0v) is 13.3. The van der Waals surface area contributed by atoms with Gasteiger partial charge >= 0.3 is 0 Å². The van der Waals surface area contributed by atoms with Gasteiger partial charge in [0.1, 0.15) is 0 Å². The predicted octanol–water partition coefficient (Wildman–Crippen LogP) is 3.44. The summed E-state index contributed by atoms with van der Waals surface area (Å²) in [6, 6.07) is 12.3. The Bertz CT molecular complexity index is 906. The van der Waals surface area contributed by atoms with Crippen molar-refractivity contribution >= 4 is 16.8 Å². The monoisotopic (exact) mass is 305 g/mol. The second-order valence-electron chi connectivity index (χ2n) is 6.33. The van der Waals surface area contributed by atoms with E-state index < -0.39 is 0 Å². The molecule has 4 heteroatoms. The van der Waals surface area contributed by atoms with Crippen LogP contribution in [0.25, 0.3) is 22.3 Å². The summed E-state index contributed by atoms with van der Waals surface area (Å²) in [6.07, 6.45) is 4.15. The van der Waals surface area contributed by atoms with Gasteiger partial charge in [0, 0.05) is 24.7 Å². The Morgan fingerprint density at radius 3 is 2.78 bits per heavy atom. The molecular formula is C19H19N3O. The fraction of sp³-hybridized carbons (Fsp3) is 0.263. The smallest absolute Gasteiger partial charge is 0.252 e. The Morgan fingerprint density at radius 2 is 2.09 bits per heavy atom. The molecule has 0 aliphatic heterocycles. The number of aromatic nitrogens is 2. The van der Waals surface area contributed by atoms with Gasteiger partial charge < -0.3 is 9.88 Å². The van der Waals surface area contributed by atoms with Gasteiger partial charge in [0.2, 0.25) is 0 Å². The van der Waals surface area contributed by atoms with Crippen molar-refractivity contribution in [3.8, 4) is 11.4 Å². The van der Waals surface area contributed by atoms with Gasteiger partial charge in [-0.15, -0.1) is 0 Å². The van der Waals surface area contributed by atoms with Crippen LogP contribution in [0.5, 0.6) is 0 Å². The van der Waals surface area contributed by atoms with Crippen molar-refractivity contribution < 1.29 is 4.79 Å². The van der Waals surface area contributed by atoms with Gasteiger partial charge in [0.25, 0.3) is 5.91 Å². The first-order valence-electron chi connectivity index (χ1n) is 7.96. The lowest BCUT2D eigenvalue weighted by molar-refractivity contribution is 0.0952. The molecule has 2 aromatic heterocycles. The number of carbonyl (C=O) groups excluding carboxylic acids is 1. The molecule has 3 aromatic rings. The van der Waals surface area contributed by atoms with Gasteiger partial charge in [-0.3, -0.25) is 4.79 Å². The molecule has 0 saturated heterocycles. The lowest BCUT2D eigenvalue weighted by atomic mass is 10.0. The van der Waals surface area contributed by atoms with Gasteiger partial charge in [-0.2, -0.15) is 0 Å². The van der Waals surface area contributed by atoms with Crippen molar-refractivity contribution in [2.75, 3.05) is 0 Å². The molecule has 0 unspecified atom stereocenters. The van der Waals surface area contributed by atoms with Crippen LogP contribution in [0.4, 0.5) is 0 Å². The summed E-state index contributed by atoms with van der Waals surface area (Å²) in [7, 11) is 1.99. The zero-order valence-electron chi connectivity index (χ0n) is 13.3. The molecule has 1 saturated carbocycles. The molecule has 1 aliphatic rings. The molecule has 0 spiro atoms. The number of rotatable bonds is 3. The van der Waals surface area contributed by atoms with E-state index in [1.54, 1.807) is 0 Å². The van der Waals surface area contributed by atoms with Crippen molar-refractivity contribution in [1.82, 2.24) is 14.9 Å². The fourth-order valence-electron chi connectivity index (χ4n) is 2.88. The Labute approximate surface area is 135 Å². The molecule has 1 N–H and O–H groups in total. The van der Waals surface area contributed by atoms with Gasteiger partial charge in [0.15, 0.2) is 0 Å². The van der Waals surface area contributed by atoms with E-state index >= 15 is 0 Å². The van der Waals surface area contributed by atoms with E-state index in [4.69, 9.17) is 4.98 Å². The van der Waals surface area contributed by atoms with Crippen LogP contribution in [0.2, 0.25) is 0 Å². The third kappa shape index (κ3) is 2.61. The minimum absolute atomic E-state index is 0.000888. The average molecular weight is 305 g/mol. The summed E-state index contributed by atoms with van der Waals surface area (Å²) in [4.78, 5) is 17.4. The number of hydrogen-bond donors (Lipinski definition) is 1. The first kappa shape index (κ1) is 14.0. The Morgan fingerprint density at radius 1 is 1.26 bits per heavy atom. The topological polar surface area (TPSA) is 46.9 Å². The third-order valence-electron chi connectivity index (χ3n) is 4.33. The van der Waals surface area contributed by atoms with E-state index in [0.717, 1.165) is 40.7 Å². The third-order valence-corrected chi connectivity index (χ3v) is 4.33.